The number of hydrogen-bond donors (Lipinski definition) is 2. The van der Waals surface area contributed by atoms with Crippen molar-refractivity contribution in [2.24, 2.45) is 5.73 Å². The van der Waals surface area contributed by atoms with Crippen molar-refractivity contribution in [1.29, 1.82) is 0 Å². The molecule has 0 radical (unpaired) electrons. The van der Waals surface area contributed by atoms with Crippen LogP contribution in [-0.4, -0.2) is 38.8 Å². The number of aromatic nitrogens is 3. The maximum atomic E-state index is 11.5. The van der Waals surface area contributed by atoms with Gasteiger partial charge in [-0.2, -0.15) is 15.4 Å². The average Bonchev–Trinajstić information content (AvgIpc) is 2.97. The van der Waals surface area contributed by atoms with Gasteiger partial charge in [0.15, 0.2) is 11.4 Å². The summed E-state index contributed by atoms with van der Waals surface area (Å²) in [4.78, 5) is 33.4. The summed E-state index contributed by atoms with van der Waals surface area (Å²) in [6.45, 7) is 2.84. The van der Waals surface area contributed by atoms with Crippen LogP contribution in [0.15, 0.2) is 12.1 Å². The van der Waals surface area contributed by atoms with Gasteiger partial charge in [-0.05, 0) is 19.1 Å². The quantitative estimate of drug-likeness (QED) is 0.339. The van der Waals surface area contributed by atoms with E-state index in [0.29, 0.717) is 0 Å². The van der Waals surface area contributed by atoms with E-state index < -0.39 is 22.5 Å². The van der Waals surface area contributed by atoms with E-state index in [4.69, 9.17) is 15.2 Å². The van der Waals surface area contributed by atoms with E-state index in [1.165, 1.54) is 12.1 Å². The lowest BCUT2D eigenvalue weighted by Crippen LogP contribution is -2.13. The van der Waals surface area contributed by atoms with Crippen molar-refractivity contribution >= 4 is 17.6 Å². The number of nitrogens with two attached hydrogens (primary N) is 1. The second-order valence-corrected chi connectivity index (χ2v) is 4.46. The minimum absolute atomic E-state index is 0.0538. The lowest BCUT2D eigenvalue weighted by atomic mass is 10.1. The first-order valence-corrected chi connectivity index (χ1v) is 6.70. The van der Waals surface area contributed by atoms with Gasteiger partial charge in [-0.1, -0.05) is 0 Å². The predicted molar refractivity (Wildman–Crippen MR) is 79.5 cm³/mol. The number of carbonyl (C=O) groups is 2. The van der Waals surface area contributed by atoms with E-state index in [9.17, 15) is 19.7 Å². The molecule has 1 aromatic heterocycles. The molecule has 126 valence electrons. The van der Waals surface area contributed by atoms with Gasteiger partial charge in [0.05, 0.1) is 17.1 Å². The molecular formula is C13H13N5O6. The molecule has 0 bridgehead atoms. The fraction of sp³-hybridized carbons (Fsp3) is 0.231. The molecule has 0 aliphatic carbocycles. The van der Waals surface area contributed by atoms with Gasteiger partial charge in [-0.25, -0.2) is 0 Å². The lowest BCUT2D eigenvalue weighted by molar-refractivity contribution is -0.385. The Balaban J connectivity index is 2.75. The SMILES string of the molecule is CCOc1c(OC(C)=O)ccc(-c2n[nH]nc2C(N)=O)c1[N+](=O)[O-]. The number of H-pyrrole nitrogens is 1. The Morgan fingerprint density at radius 2 is 2.08 bits per heavy atom. The summed E-state index contributed by atoms with van der Waals surface area (Å²) < 4.78 is 10.2. The molecule has 24 heavy (non-hydrogen) atoms. The number of rotatable bonds is 6. The number of primary amides is 1. The first-order valence-electron chi connectivity index (χ1n) is 6.70. The van der Waals surface area contributed by atoms with Crippen molar-refractivity contribution in [3.05, 3.63) is 27.9 Å². The molecule has 0 saturated carbocycles. The minimum Gasteiger partial charge on any atom is -0.485 e. The normalized spacial score (nSPS) is 10.2. The summed E-state index contributed by atoms with van der Waals surface area (Å²) in [5.41, 5.74) is 4.24. The summed E-state index contributed by atoms with van der Waals surface area (Å²) >= 11 is 0. The molecule has 11 nitrogen and oxygen atoms in total. The number of nitrogens with zero attached hydrogens (tertiary/aromatic N) is 3. The topological polar surface area (TPSA) is 163 Å². The Labute approximate surface area is 134 Å². The molecule has 0 fully saturated rings. The van der Waals surface area contributed by atoms with Crippen LogP contribution in [0.5, 0.6) is 11.5 Å². The van der Waals surface area contributed by atoms with Crippen molar-refractivity contribution in [3.63, 3.8) is 0 Å². The summed E-state index contributed by atoms with van der Waals surface area (Å²) in [5, 5.41) is 21.1. The number of aromatic amines is 1. The number of benzene rings is 1. The van der Waals surface area contributed by atoms with Crippen LogP contribution in [-0.2, 0) is 4.79 Å². The minimum atomic E-state index is -0.907. The van der Waals surface area contributed by atoms with Gasteiger partial charge < -0.3 is 15.2 Å². The van der Waals surface area contributed by atoms with E-state index in [-0.39, 0.29) is 35.1 Å². The van der Waals surface area contributed by atoms with Crippen molar-refractivity contribution in [1.82, 2.24) is 15.4 Å². The molecule has 0 spiro atoms. The van der Waals surface area contributed by atoms with Crippen molar-refractivity contribution in [2.75, 3.05) is 6.61 Å². The highest BCUT2D eigenvalue weighted by Gasteiger charge is 2.31. The van der Waals surface area contributed by atoms with Crippen molar-refractivity contribution < 1.29 is 24.0 Å². The molecule has 2 aromatic rings. The van der Waals surface area contributed by atoms with Crippen LogP contribution < -0.4 is 15.2 Å². The summed E-state index contributed by atoms with van der Waals surface area (Å²) in [6, 6.07) is 2.57. The second-order valence-electron chi connectivity index (χ2n) is 4.46. The maximum Gasteiger partial charge on any atom is 0.324 e. The standard InChI is InChI=1S/C13H13N5O6/c1-3-23-12-8(24-6(2)19)5-4-7(11(12)18(21)22)9-10(13(14)20)16-17-15-9/h4-5H,3H2,1-2H3,(H2,14,20)(H,15,16,17). The van der Waals surface area contributed by atoms with Crippen LogP contribution in [0.4, 0.5) is 5.69 Å². The zero-order valence-electron chi connectivity index (χ0n) is 12.7. The van der Waals surface area contributed by atoms with Gasteiger partial charge in [0.25, 0.3) is 5.91 Å². The van der Waals surface area contributed by atoms with E-state index in [1.54, 1.807) is 6.92 Å². The summed E-state index contributed by atoms with van der Waals surface area (Å²) in [5.74, 6) is -1.95. The number of esters is 1. The Bertz CT molecular complexity index is 815. The van der Waals surface area contributed by atoms with Crippen LogP contribution in [0.25, 0.3) is 11.3 Å². The molecule has 2 rings (SSSR count). The predicted octanol–water partition coefficient (Wildman–Crippen LogP) is 0.803. The highest BCUT2D eigenvalue weighted by atomic mass is 16.6. The molecule has 0 aliphatic heterocycles. The Morgan fingerprint density at radius 1 is 1.38 bits per heavy atom. The van der Waals surface area contributed by atoms with E-state index in [1.807, 2.05) is 0 Å². The smallest absolute Gasteiger partial charge is 0.324 e. The third-order valence-corrected chi connectivity index (χ3v) is 2.86. The fourth-order valence-corrected chi connectivity index (χ4v) is 2.03. The largest absolute Gasteiger partial charge is 0.485 e. The fourth-order valence-electron chi connectivity index (χ4n) is 2.03. The number of carbonyl (C=O) groups excluding carboxylic acids is 2. The molecule has 1 amide bonds. The Kier molecular flexibility index (Phi) is 4.73. The van der Waals surface area contributed by atoms with Crippen LogP contribution in [0.1, 0.15) is 24.3 Å². The van der Waals surface area contributed by atoms with E-state index in [2.05, 4.69) is 15.4 Å². The number of hydrogen-bond acceptors (Lipinski definition) is 8. The highest BCUT2D eigenvalue weighted by Crippen LogP contribution is 2.44. The molecule has 3 N–H and O–H groups in total. The molecule has 1 aromatic carbocycles. The zero-order valence-corrected chi connectivity index (χ0v) is 12.7. The van der Waals surface area contributed by atoms with Crippen molar-refractivity contribution in [3.8, 4) is 22.8 Å². The first kappa shape index (κ1) is 16.9. The van der Waals surface area contributed by atoms with Gasteiger partial charge in [0, 0.05) is 6.92 Å². The third kappa shape index (κ3) is 3.14. The number of nitro groups is 1. The Hall–Kier alpha value is -3.50. The molecular weight excluding hydrogens is 322 g/mol. The molecule has 0 unspecified atom stereocenters. The van der Waals surface area contributed by atoms with E-state index in [0.717, 1.165) is 6.92 Å². The number of ether oxygens (including phenoxy) is 2. The van der Waals surface area contributed by atoms with Gasteiger partial charge in [0.2, 0.25) is 5.75 Å². The third-order valence-electron chi connectivity index (χ3n) is 2.86. The lowest BCUT2D eigenvalue weighted by Gasteiger charge is -2.12. The zero-order chi connectivity index (χ0) is 17.9. The van der Waals surface area contributed by atoms with Crippen LogP contribution in [0.2, 0.25) is 0 Å². The molecule has 0 saturated heterocycles. The van der Waals surface area contributed by atoms with Gasteiger partial charge in [0.1, 0.15) is 5.69 Å². The number of amides is 1. The maximum absolute atomic E-state index is 11.5. The summed E-state index contributed by atoms with van der Waals surface area (Å²) in [7, 11) is 0. The highest BCUT2D eigenvalue weighted by molar-refractivity contribution is 5.98. The van der Waals surface area contributed by atoms with Crippen molar-refractivity contribution in [2.45, 2.75) is 13.8 Å². The number of nitro benzene ring substituents is 1. The Morgan fingerprint density at radius 3 is 2.62 bits per heavy atom. The van der Waals surface area contributed by atoms with Gasteiger partial charge >= 0.3 is 11.7 Å². The average molecular weight is 335 g/mol. The van der Waals surface area contributed by atoms with Gasteiger partial charge in [-0.3, -0.25) is 19.7 Å². The van der Waals surface area contributed by atoms with Gasteiger partial charge in [-0.15, -0.1) is 0 Å². The second kappa shape index (κ2) is 6.73. The van der Waals surface area contributed by atoms with Crippen LogP contribution >= 0.6 is 0 Å². The molecule has 1 heterocycles. The monoisotopic (exact) mass is 335 g/mol. The molecule has 0 atom stereocenters. The molecule has 11 heteroatoms. The number of nitrogens with one attached hydrogen (secondary N) is 1. The van der Waals surface area contributed by atoms with Crippen LogP contribution in [0.3, 0.4) is 0 Å². The summed E-state index contributed by atoms with van der Waals surface area (Å²) in [6.07, 6.45) is 0. The van der Waals surface area contributed by atoms with Crippen LogP contribution in [0, 0.1) is 10.1 Å². The van der Waals surface area contributed by atoms with E-state index >= 15 is 0 Å². The molecule has 0 aliphatic rings. The first-order chi connectivity index (χ1) is 11.4.